The van der Waals surface area contributed by atoms with Crippen LogP contribution in [0.15, 0.2) is 24.3 Å². The van der Waals surface area contributed by atoms with E-state index in [2.05, 4.69) is 24.5 Å². The Labute approximate surface area is 98.3 Å². The summed E-state index contributed by atoms with van der Waals surface area (Å²) in [6.45, 7) is 8.76. The summed E-state index contributed by atoms with van der Waals surface area (Å²) in [6, 6.07) is 7.53. The maximum atomic E-state index is 11.1. The van der Waals surface area contributed by atoms with Crippen molar-refractivity contribution < 1.29 is 4.79 Å². The lowest BCUT2D eigenvalue weighted by Gasteiger charge is -2.05. The van der Waals surface area contributed by atoms with Crippen LogP contribution >= 0.6 is 0 Å². The van der Waals surface area contributed by atoms with Gasteiger partial charge in [0.15, 0.2) is 0 Å². The predicted octanol–water partition coefficient (Wildman–Crippen LogP) is 3.55. The first-order valence-corrected chi connectivity index (χ1v) is 5.75. The highest BCUT2D eigenvalue weighted by Crippen LogP contribution is 2.08. The zero-order valence-corrected chi connectivity index (χ0v) is 10.6. The fourth-order valence-electron chi connectivity index (χ4n) is 1.06. The average molecular weight is 222 g/mol. The molecule has 2 N–H and O–H groups in total. The van der Waals surface area contributed by atoms with Gasteiger partial charge in [-0.3, -0.25) is 0 Å². The molecule has 90 valence electrons. The van der Waals surface area contributed by atoms with Crippen molar-refractivity contribution in [2.24, 2.45) is 0 Å². The summed E-state index contributed by atoms with van der Waals surface area (Å²) >= 11 is 0. The third-order valence-corrected chi connectivity index (χ3v) is 1.61. The van der Waals surface area contributed by atoms with E-state index in [1.807, 2.05) is 38.1 Å². The van der Waals surface area contributed by atoms with Crippen molar-refractivity contribution in [1.82, 2.24) is 5.32 Å². The van der Waals surface area contributed by atoms with E-state index in [1.165, 1.54) is 6.42 Å². The van der Waals surface area contributed by atoms with E-state index in [9.17, 15) is 4.79 Å². The molecule has 0 aliphatic carbocycles. The highest BCUT2D eigenvalue weighted by atomic mass is 16.2. The van der Waals surface area contributed by atoms with Crippen molar-refractivity contribution >= 4 is 11.7 Å². The molecule has 0 radical (unpaired) electrons. The van der Waals surface area contributed by atoms with Crippen LogP contribution in [0.1, 0.15) is 32.8 Å². The zero-order valence-electron chi connectivity index (χ0n) is 10.6. The third kappa shape index (κ3) is 6.87. The molecule has 1 aromatic rings. The average Bonchev–Trinajstić information content (AvgIpc) is 2.19. The predicted molar refractivity (Wildman–Crippen MR) is 69.8 cm³/mol. The summed E-state index contributed by atoms with van der Waals surface area (Å²) < 4.78 is 0. The van der Waals surface area contributed by atoms with Crippen LogP contribution < -0.4 is 10.6 Å². The fraction of sp³-hybridized carbons (Fsp3) is 0.462. The van der Waals surface area contributed by atoms with Gasteiger partial charge in [-0.1, -0.05) is 32.4 Å². The van der Waals surface area contributed by atoms with Gasteiger partial charge in [0.2, 0.25) is 0 Å². The van der Waals surface area contributed by atoms with E-state index in [1.54, 1.807) is 0 Å². The molecule has 0 unspecified atom stereocenters. The number of carbonyl (C=O) groups is 1. The van der Waals surface area contributed by atoms with Crippen LogP contribution in [-0.2, 0) is 0 Å². The molecule has 0 bridgehead atoms. The molecule has 2 amide bonds. The van der Waals surface area contributed by atoms with Gasteiger partial charge in [0.05, 0.1) is 0 Å². The second kappa shape index (κ2) is 8.77. The van der Waals surface area contributed by atoms with Crippen LogP contribution in [0, 0.1) is 6.92 Å². The first-order valence-electron chi connectivity index (χ1n) is 5.75. The normalized spacial score (nSPS) is 8.75. The molecule has 0 atom stereocenters. The van der Waals surface area contributed by atoms with E-state index in [4.69, 9.17) is 0 Å². The Bertz CT molecular complexity index is 311. The Morgan fingerprint density at radius 2 is 1.88 bits per heavy atom. The Morgan fingerprint density at radius 1 is 1.25 bits per heavy atom. The first-order chi connectivity index (χ1) is 7.63. The number of nitrogens with one attached hydrogen (secondary N) is 2. The second-order valence-corrected chi connectivity index (χ2v) is 3.56. The van der Waals surface area contributed by atoms with Crippen LogP contribution in [0.2, 0.25) is 0 Å². The van der Waals surface area contributed by atoms with E-state index >= 15 is 0 Å². The molecule has 3 nitrogen and oxygen atoms in total. The number of hydrogen-bond acceptors (Lipinski definition) is 1. The van der Waals surface area contributed by atoms with Crippen molar-refractivity contribution in [2.45, 2.75) is 34.1 Å². The highest BCUT2D eigenvalue weighted by Gasteiger charge is 1.98. The summed E-state index contributed by atoms with van der Waals surface area (Å²) in [5.74, 6) is 0. The van der Waals surface area contributed by atoms with Gasteiger partial charge in [0, 0.05) is 12.2 Å². The van der Waals surface area contributed by atoms with Gasteiger partial charge in [-0.05, 0) is 31.5 Å². The van der Waals surface area contributed by atoms with Gasteiger partial charge in [0.1, 0.15) is 0 Å². The van der Waals surface area contributed by atoms with Crippen molar-refractivity contribution in [2.75, 3.05) is 11.9 Å². The number of carbonyl (C=O) groups excluding carboxylic acids is 1. The Morgan fingerprint density at radius 3 is 2.38 bits per heavy atom. The molecular formula is C13H22N2O. The molecule has 0 fully saturated rings. The van der Waals surface area contributed by atoms with Crippen molar-refractivity contribution in [3.63, 3.8) is 0 Å². The van der Waals surface area contributed by atoms with Crippen LogP contribution in [0.4, 0.5) is 10.5 Å². The van der Waals surface area contributed by atoms with Gasteiger partial charge < -0.3 is 10.6 Å². The van der Waals surface area contributed by atoms with Gasteiger partial charge in [0.25, 0.3) is 0 Å². The van der Waals surface area contributed by atoms with Crippen molar-refractivity contribution in [3.05, 3.63) is 29.8 Å². The Balaban J connectivity index is 0.000000673. The second-order valence-electron chi connectivity index (χ2n) is 3.56. The first kappa shape index (κ1) is 14.5. The lowest BCUT2D eigenvalue weighted by Crippen LogP contribution is -2.28. The molecule has 0 aliphatic heterocycles. The van der Waals surface area contributed by atoms with Crippen molar-refractivity contribution in [3.8, 4) is 0 Å². The smallest absolute Gasteiger partial charge is 0.319 e. The minimum absolute atomic E-state index is 0.159. The molecule has 0 heterocycles. The standard InChI is InChI=1S/C10H14N2O.C3H8/c1-3-11-10(13)12-9-6-4-5-8(2)7-9;1-3-2/h4-7H,3H2,1-2H3,(H2,11,12,13);3H2,1-2H3. The summed E-state index contributed by atoms with van der Waals surface area (Å²) in [5.41, 5.74) is 1.96. The van der Waals surface area contributed by atoms with Crippen LogP contribution in [-0.4, -0.2) is 12.6 Å². The fourth-order valence-corrected chi connectivity index (χ4v) is 1.06. The molecular weight excluding hydrogens is 200 g/mol. The number of aryl methyl sites for hydroxylation is 1. The van der Waals surface area contributed by atoms with E-state index in [-0.39, 0.29) is 6.03 Å². The zero-order chi connectivity index (χ0) is 12.4. The summed E-state index contributed by atoms with van der Waals surface area (Å²) in [5, 5.41) is 5.40. The topological polar surface area (TPSA) is 41.1 Å². The number of urea groups is 1. The number of hydrogen-bond donors (Lipinski definition) is 2. The molecule has 3 heteroatoms. The number of amides is 2. The van der Waals surface area contributed by atoms with Gasteiger partial charge in [-0.25, -0.2) is 4.79 Å². The lowest BCUT2D eigenvalue weighted by atomic mass is 10.2. The maximum Gasteiger partial charge on any atom is 0.319 e. The van der Waals surface area contributed by atoms with E-state index in [0.717, 1.165) is 11.3 Å². The Hall–Kier alpha value is -1.51. The van der Waals surface area contributed by atoms with Gasteiger partial charge in [-0.15, -0.1) is 0 Å². The van der Waals surface area contributed by atoms with Crippen LogP contribution in [0.3, 0.4) is 0 Å². The minimum Gasteiger partial charge on any atom is -0.338 e. The van der Waals surface area contributed by atoms with Gasteiger partial charge in [-0.2, -0.15) is 0 Å². The Kier molecular flexibility index (Phi) is 7.94. The summed E-state index contributed by atoms with van der Waals surface area (Å²) in [6.07, 6.45) is 1.25. The maximum absolute atomic E-state index is 11.1. The SMILES string of the molecule is CCC.CCNC(=O)Nc1cccc(C)c1. The molecule has 0 aliphatic rings. The largest absolute Gasteiger partial charge is 0.338 e. The molecule has 16 heavy (non-hydrogen) atoms. The van der Waals surface area contributed by atoms with Crippen LogP contribution in [0.5, 0.6) is 0 Å². The van der Waals surface area contributed by atoms with E-state index < -0.39 is 0 Å². The molecule has 0 aromatic heterocycles. The molecule has 0 spiro atoms. The van der Waals surface area contributed by atoms with Crippen molar-refractivity contribution in [1.29, 1.82) is 0 Å². The highest BCUT2D eigenvalue weighted by molar-refractivity contribution is 5.89. The molecule has 1 aromatic carbocycles. The molecule has 1 rings (SSSR count). The van der Waals surface area contributed by atoms with Crippen LogP contribution in [0.25, 0.3) is 0 Å². The lowest BCUT2D eigenvalue weighted by molar-refractivity contribution is 0.252. The monoisotopic (exact) mass is 222 g/mol. The number of rotatable bonds is 2. The van der Waals surface area contributed by atoms with E-state index in [0.29, 0.717) is 6.54 Å². The quantitative estimate of drug-likeness (QED) is 0.789. The molecule has 0 saturated heterocycles. The third-order valence-electron chi connectivity index (χ3n) is 1.61. The molecule has 0 saturated carbocycles. The number of benzene rings is 1. The summed E-state index contributed by atoms with van der Waals surface area (Å²) in [4.78, 5) is 11.1. The number of anilines is 1. The van der Waals surface area contributed by atoms with Gasteiger partial charge >= 0.3 is 6.03 Å². The summed E-state index contributed by atoms with van der Waals surface area (Å²) in [7, 11) is 0. The minimum atomic E-state index is -0.159.